The van der Waals surface area contributed by atoms with Gasteiger partial charge in [-0.15, -0.1) is 0 Å². The van der Waals surface area contributed by atoms with Gasteiger partial charge in [0.2, 0.25) is 5.91 Å². The molecule has 3 aliphatic rings. The number of carbonyl (C=O) groups excluding carboxylic acids is 3. The average Bonchev–Trinajstić information content (AvgIpc) is 3.55. The van der Waals surface area contributed by atoms with Crippen molar-refractivity contribution in [1.82, 2.24) is 14.7 Å². The van der Waals surface area contributed by atoms with Crippen LogP contribution in [0.25, 0.3) is 0 Å². The minimum absolute atomic E-state index is 0.0287. The third-order valence-corrected chi connectivity index (χ3v) is 7.93. The number of amides is 4. The van der Waals surface area contributed by atoms with Gasteiger partial charge in [0.15, 0.2) is 0 Å². The van der Waals surface area contributed by atoms with E-state index in [4.69, 9.17) is 23.2 Å². The first-order valence-corrected chi connectivity index (χ1v) is 12.6. The number of hydrogen-bond acceptors (Lipinski definition) is 5. The van der Waals surface area contributed by atoms with E-state index in [0.717, 1.165) is 36.4 Å². The van der Waals surface area contributed by atoms with Crippen molar-refractivity contribution >= 4 is 46.7 Å². The van der Waals surface area contributed by atoms with Crippen LogP contribution >= 0.6 is 23.2 Å². The standard InChI is InChI=1S/C26H25Cl2N5O3/c1-30-25(36)33(21-11-19(27)10-20(28)12-21)24(35)26(30)16-31(15-23(34)32-8-2-3-9-32)14-22(26)18-6-4-17(13-29)5-7-18/h4-7,10-12,22H,2-3,8-9,14-16H2,1H3. The van der Waals surface area contributed by atoms with Gasteiger partial charge in [0, 0.05) is 49.2 Å². The zero-order valence-electron chi connectivity index (χ0n) is 19.8. The Balaban J connectivity index is 1.54. The van der Waals surface area contributed by atoms with Gasteiger partial charge >= 0.3 is 6.03 Å². The van der Waals surface area contributed by atoms with Gasteiger partial charge in [-0.3, -0.25) is 14.5 Å². The molecule has 3 heterocycles. The Morgan fingerprint density at radius 3 is 2.33 bits per heavy atom. The molecule has 0 aliphatic carbocycles. The Bertz CT molecular complexity index is 1250. The van der Waals surface area contributed by atoms with Crippen molar-refractivity contribution < 1.29 is 14.4 Å². The van der Waals surface area contributed by atoms with Gasteiger partial charge in [0.25, 0.3) is 5.91 Å². The lowest BCUT2D eigenvalue weighted by molar-refractivity contribution is -0.131. The van der Waals surface area contributed by atoms with Crippen molar-refractivity contribution in [2.24, 2.45) is 0 Å². The topological polar surface area (TPSA) is 88.0 Å². The predicted molar refractivity (Wildman–Crippen MR) is 136 cm³/mol. The molecule has 2 atom stereocenters. The minimum Gasteiger partial charge on any atom is -0.342 e. The van der Waals surface area contributed by atoms with E-state index in [2.05, 4.69) is 6.07 Å². The second-order valence-corrected chi connectivity index (χ2v) is 10.5. The first-order chi connectivity index (χ1) is 17.2. The van der Waals surface area contributed by atoms with Crippen LogP contribution in [-0.2, 0) is 9.59 Å². The Morgan fingerprint density at radius 1 is 1.08 bits per heavy atom. The Kier molecular flexibility index (Phi) is 6.41. The Hall–Kier alpha value is -3.12. The van der Waals surface area contributed by atoms with E-state index >= 15 is 0 Å². The molecular weight excluding hydrogens is 501 g/mol. The minimum atomic E-state index is -1.23. The monoisotopic (exact) mass is 525 g/mol. The zero-order valence-corrected chi connectivity index (χ0v) is 21.3. The Morgan fingerprint density at radius 2 is 1.72 bits per heavy atom. The molecule has 0 aromatic heterocycles. The molecule has 0 saturated carbocycles. The molecule has 2 aromatic rings. The lowest BCUT2D eigenvalue weighted by Gasteiger charge is -2.34. The van der Waals surface area contributed by atoms with Gasteiger partial charge in [-0.2, -0.15) is 5.26 Å². The summed E-state index contributed by atoms with van der Waals surface area (Å²) in [7, 11) is 1.62. The summed E-state index contributed by atoms with van der Waals surface area (Å²) in [5.74, 6) is -0.766. The fourth-order valence-corrected chi connectivity index (χ4v) is 6.19. The van der Waals surface area contributed by atoms with Gasteiger partial charge < -0.3 is 9.80 Å². The lowest BCUT2D eigenvalue weighted by atomic mass is 9.80. The summed E-state index contributed by atoms with van der Waals surface area (Å²) in [6.45, 7) is 2.30. The number of benzene rings is 2. The number of nitriles is 1. The number of halogens is 2. The number of hydrogen-bond donors (Lipinski definition) is 0. The molecule has 186 valence electrons. The van der Waals surface area contributed by atoms with Crippen LogP contribution in [-0.4, -0.2) is 77.9 Å². The lowest BCUT2D eigenvalue weighted by Crippen LogP contribution is -2.54. The molecule has 0 bridgehead atoms. The maximum atomic E-state index is 14.2. The second kappa shape index (κ2) is 9.40. The van der Waals surface area contributed by atoms with Crippen molar-refractivity contribution in [3.63, 3.8) is 0 Å². The normalized spacial score (nSPS) is 24.3. The number of anilines is 1. The van der Waals surface area contributed by atoms with E-state index in [1.807, 2.05) is 21.9 Å². The molecule has 4 amide bonds. The van der Waals surface area contributed by atoms with E-state index < -0.39 is 17.5 Å². The number of imide groups is 1. The van der Waals surface area contributed by atoms with Gasteiger partial charge in [-0.1, -0.05) is 35.3 Å². The van der Waals surface area contributed by atoms with E-state index in [0.29, 0.717) is 27.8 Å². The van der Waals surface area contributed by atoms with Crippen molar-refractivity contribution in [2.45, 2.75) is 24.3 Å². The van der Waals surface area contributed by atoms with E-state index in [9.17, 15) is 19.6 Å². The van der Waals surface area contributed by atoms with Crippen LogP contribution in [0.4, 0.5) is 10.5 Å². The van der Waals surface area contributed by atoms with E-state index in [-0.39, 0.29) is 24.9 Å². The predicted octanol–water partition coefficient (Wildman–Crippen LogP) is 3.72. The van der Waals surface area contributed by atoms with Crippen molar-refractivity contribution in [3.05, 3.63) is 63.6 Å². The molecule has 10 heteroatoms. The highest BCUT2D eigenvalue weighted by molar-refractivity contribution is 6.35. The molecule has 5 rings (SSSR count). The fourth-order valence-electron chi connectivity index (χ4n) is 5.67. The van der Waals surface area contributed by atoms with E-state index in [1.165, 1.54) is 23.1 Å². The number of urea groups is 1. The highest BCUT2D eigenvalue weighted by Crippen LogP contribution is 2.46. The first-order valence-electron chi connectivity index (χ1n) is 11.8. The summed E-state index contributed by atoms with van der Waals surface area (Å²) >= 11 is 12.4. The van der Waals surface area contributed by atoms with Gasteiger partial charge in [0.1, 0.15) is 5.54 Å². The molecular formula is C26H25Cl2N5O3. The fraction of sp³-hybridized carbons (Fsp3) is 0.385. The molecule has 8 nitrogen and oxygen atoms in total. The molecule has 36 heavy (non-hydrogen) atoms. The molecule has 0 radical (unpaired) electrons. The molecule has 3 fully saturated rings. The summed E-state index contributed by atoms with van der Waals surface area (Å²) < 4.78 is 0. The van der Waals surface area contributed by atoms with Gasteiger partial charge in [0.05, 0.1) is 23.9 Å². The van der Waals surface area contributed by atoms with Crippen molar-refractivity contribution in [2.75, 3.05) is 44.7 Å². The number of carbonyl (C=O) groups is 3. The van der Waals surface area contributed by atoms with Gasteiger partial charge in [-0.25, -0.2) is 9.69 Å². The van der Waals surface area contributed by atoms with Crippen LogP contribution in [0.2, 0.25) is 10.0 Å². The molecule has 3 aliphatic heterocycles. The highest BCUT2D eigenvalue weighted by atomic mass is 35.5. The van der Waals surface area contributed by atoms with Gasteiger partial charge in [-0.05, 0) is 48.7 Å². The van der Waals surface area contributed by atoms with Crippen molar-refractivity contribution in [3.8, 4) is 6.07 Å². The third kappa shape index (κ3) is 4.01. The second-order valence-electron chi connectivity index (χ2n) is 9.58. The molecule has 0 N–H and O–H groups in total. The van der Waals surface area contributed by atoms with E-state index in [1.54, 1.807) is 19.2 Å². The van der Waals surface area contributed by atoms with Crippen LogP contribution in [0.15, 0.2) is 42.5 Å². The smallest absolute Gasteiger partial charge is 0.332 e. The first kappa shape index (κ1) is 24.6. The summed E-state index contributed by atoms with van der Waals surface area (Å²) in [6, 6.07) is 13.3. The summed E-state index contributed by atoms with van der Waals surface area (Å²) in [4.78, 5) is 47.1. The molecule has 1 spiro atoms. The molecule has 2 unspecified atom stereocenters. The highest BCUT2D eigenvalue weighted by Gasteiger charge is 2.64. The number of rotatable bonds is 4. The quantitative estimate of drug-likeness (QED) is 0.567. The number of nitrogens with zero attached hydrogens (tertiary/aromatic N) is 5. The maximum Gasteiger partial charge on any atom is 0.332 e. The maximum absolute atomic E-state index is 14.2. The number of likely N-dealkylation sites (N-methyl/N-ethyl adjacent to an activating group) is 1. The van der Waals surface area contributed by atoms with Crippen LogP contribution in [0.3, 0.4) is 0 Å². The van der Waals surface area contributed by atoms with Crippen LogP contribution in [0.5, 0.6) is 0 Å². The Labute approximate surface area is 219 Å². The molecule has 3 saturated heterocycles. The van der Waals surface area contributed by atoms with Crippen LogP contribution in [0.1, 0.15) is 29.9 Å². The molecule has 2 aromatic carbocycles. The third-order valence-electron chi connectivity index (χ3n) is 7.50. The number of likely N-dealkylation sites (tertiary alicyclic amines) is 2. The van der Waals surface area contributed by atoms with Crippen LogP contribution in [0, 0.1) is 11.3 Å². The largest absolute Gasteiger partial charge is 0.342 e. The zero-order chi connectivity index (χ0) is 25.6. The summed E-state index contributed by atoms with van der Waals surface area (Å²) in [6.07, 6.45) is 1.99. The van der Waals surface area contributed by atoms with Crippen molar-refractivity contribution in [1.29, 1.82) is 5.26 Å². The average molecular weight is 526 g/mol. The summed E-state index contributed by atoms with van der Waals surface area (Å²) in [5.41, 5.74) is 0.399. The summed E-state index contributed by atoms with van der Waals surface area (Å²) in [5, 5.41) is 9.86. The van der Waals surface area contributed by atoms with Crippen LogP contribution < -0.4 is 4.90 Å². The SMILES string of the molecule is CN1C(=O)N(c2cc(Cl)cc(Cl)c2)C(=O)C12CN(CC(=O)N1CCCC1)CC2c1ccc(C#N)cc1.